The maximum Gasteiger partial charge on any atom is 0.243 e. The van der Waals surface area contributed by atoms with Crippen LogP contribution in [0.15, 0.2) is 47.6 Å². The summed E-state index contributed by atoms with van der Waals surface area (Å²) in [6.45, 7) is 1.81. The molecule has 1 heterocycles. The predicted octanol–water partition coefficient (Wildman–Crippen LogP) is 2.04. The molecule has 0 saturated carbocycles. The Morgan fingerprint density at radius 1 is 1.20 bits per heavy atom. The second kappa shape index (κ2) is 6.30. The van der Waals surface area contributed by atoms with E-state index in [0.717, 1.165) is 5.56 Å². The van der Waals surface area contributed by atoms with Crippen LogP contribution in [0, 0.1) is 0 Å². The van der Waals surface area contributed by atoms with E-state index in [-0.39, 0.29) is 16.2 Å². The number of benzene rings is 1. The number of sulfonamides is 1. The third-order valence-corrected chi connectivity index (χ3v) is 4.39. The van der Waals surface area contributed by atoms with Crippen LogP contribution in [-0.2, 0) is 16.4 Å². The molecule has 0 aliphatic heterocycles. The summed E-state index contributed by atoms with van der Waals surface area (Å²) in [4.78, 5) is 7.35. The fraction of sp³-hybridized carbons (Fsp3) is 0.231. The van der Waals surface area contributed by atoms with Gasteiger partial charge in [-0.3, -0.25) is 0 Å². The largest absolute Gasteiger partial charge is 0.243 e. The number of halogens is 1. The summed E-state index contributed by atoms with van der Waals surface area (Å²) in [6, 6.07) is 9.43. The van der Waals surface area contributed by atoms with E-state index in [9.17, 15) is 8.42 Å². The normalized spacial score (nSPS) is 13.1. The fourth-order valence-electron chi connectivity index (χ4n) is 1.78. The molecule has 7 heteroatoms. The third kappa shape index (κ3) is 4.00. The zero-order chi connectivity index (χ0) is 14.6. The Labute approximate surface area is 123 Å². The van der Waals surface area contributed by atoms with Crippen LogP contribution in [-0.4, -0.2) is 24.4 Å². The monoisotopic (exact) mass is 311 g/mol. The Kier molecular flexibility index (Phi) is 4.69. The summed E-state index contributed by atoms with van der Waals surface area (Å²) in [5.41, 5.74) is 1.06. The molecule has 0 fully saturated rings. The van der Waals surface area contributed by atoms with Crippen LogP contribution in [0.2, 0.25) is 5.28 Å². The average molecular weight is 312 g/mol. The summed E-state index contributed by atoms with van der Waals surface area (Å²) in [5, 5.41) is 0.0151. The molecule has 2 aromatic rings. The second-order valence-electron chi connectivity index (χ2n) is 4.40. The van der Waals surface area contributed by atoms with Crippen molar-refractivity contribution in [3.05, 3.63) is 53.6 Å². The summed E-state index contributed by atoms with van der Waals surface area (Å²) >= 11 is 5.54. The molecule has 0 aliphatic carbocycles. The Morgan fingerprint density at radius 2 is 1.80 bits per heavy atom. The molecule has 0 radical (unpaired) electrons. The van der Waals surface area contributed by atoms with E-state index in [2.05, 4.69) is 14.7 Å². The highest BCUT2D eigenvalue weighted by atomic mass is 35.5. The van der Waals surface area contributed by atoms with Crippen LogP contribution in [0.4, 0.5) is 0 Å². The topological polar surface area (TPSA) is 72.0 Å². The minimum absolute atomic E-state index is 0.00168. The lowest BCUT2D eigenvalue weighted by Crippen LogP contribution is -2.34. The lowest BCUT2D eigenvalue weighted by Gasteiger charge is -2.14. The molecule has 1 aromatic heterocycles. The van der Waals surface area contributed by atoms with Gasteiger partial charge in [0.2, 0.25) is 15.3 Å². The van der Waals surface area contributed by atoms with Crippen LogP contribution in [0.1, 0.15) is 12.5 Å². The van der Waals surface area contributed by atoms with Crippen molar-refractivity contribution in [1.29, 1.82) is 0 Å². The molecular weight excluding hydrogens is 298 g/mol. The Balaban J connectivity index is 2.06. The van der Waals surface area contributed by atoms with Gasteiger partial charge in [-0.05, 0) is 30.5 Å². The van der Waals surface area contributed by atoms with Gasteiger partial charge in [-0.1, -0.05) is 30.3 Å². The van der Waals surface area contributed by atoms with Gasteiger partial charge in [-0.2, -0.15) is 0 Å². The molecular formula is C13H14ClN3O2S. The van der Waals surface area contributed by atoms with Gasteiger partial charge in [0.1, 0.15) is 4.90 Å². The van der Waals surface area contributed by atoms with Crippen molar-refractivity contribution in [2.75, 3.05) is 0 Å². The first-order chi connectivity index (χ1) is 9.47. The minimum Gasteiger partial charge on any atom is -0.225 e. The average Bonchev–Trinajstić information content (AvgIpc) is 2.39. The first kappa shape index (κ1) is 14.9. The highest BCUT2D eigenvalue weighted by Gasteiger charge is 2.18. The summed E-state index contributed by atoms with van der Waals surface area (Å²) in [6.07, 6.45) is 2.98. The molecule has 0 amide bonds. The van der Waals surface area contributed by atoms with E-state index in [0.29, 0.717) is 6.42 Å². The van der Waals surface area contributed by atoms with Crippen molar-refractivity contribution < 1.29 is 8.42 Å². The third-order valence-electron chi connectivity index (χ3n) is 2.65. The molecule has 5 nitrogen and oxygen atoms in total. The minimum atomic E-state index is -3.63. The quantitative estimate of drug-likeness (QED) is 0.858. The molecule has 1 N–H and O–H groups in total. The van der Waals surface area contributed by atoms with Crippen molar-refractivity contribution in [1.82, 2.24) is 14.7 Å². The number of hydrogen-bond acceptors (Lipinski definition) is 4. The van der Waals surface area contributed by atoms with Crippen LogP contribution in [0.3, 0.4) is 0 Å². The molecule has 1 atom stereocenters. The second-order valence-corrected chi connectivity index (χ2v) is 6.45. The lowest BCUT2D eigenvalue weighted by atomic mass is 10.1. The molecule has 2 rings (SSSR count). The van der Waals surface area contributed by atoms with Crippen LogP contribution >= 0.6 is 11.6 Å². The predicted molar refractivity (Wildman–Crippen MR) is 77.0 cm³/mol. The van der Waals surface area contributed by atoms with E-state index in [1.165, 1.54) is 12.4 Å². The van der Waals surface area contributed by atoms with E-state index >= 15 is 0 Å². The van der Waals surface area contributed by atoms with Crippen LogP contribution < -0.4 is 4.72 Å². The molecule has 1 aromatic carbocycles. The van der Waals surface area contributed by atoms with Gasteiger partial charge in [0.15, 0.2) is 0 Å². The first-order valence-electron chi connectivity index (χ1n) is 6.01. The molecule has 20 heavy (non-hydrogen) atoms. The zero-order valence-electron chi connectivity index (χ0n) is 10.8. The molecule has 106 valence electrons. The maximum absolute atomic E-state index is 12.1. The van der Waals surface area contributed by atoms with Gasteiger partial charge < -0.3 is 0 Å². The molecule has 0 aliphatic rings. The number of nitrogens with zero attached hydrogens (tertiary/aromatic N) is 2. The summed E-state index contributed by atoms with van der Waals surface area (Å²) in [7, 11) is -3.63. The van der Waals surface area contributed by atoms with Gasteiger partial charge in [0.25, 0.3) is 0 Å². The van der Waals surface area contributed by atoms with Crippen molar-refractivity contribution >= 4 is 21.6 Å². The van der Waals surface area contributed by atoms with Crippen LogP contribution in [0.25, 0.3) is 0 Å². The molecule has 1 unspecified atom stereocenters. The smallest absolute Gasteiger partial charge is 0.225 e. The van der Waals surface area contributed by atoms with Crippen molar-refractivity contribution in [2.24, 2.45) is 0 Å². The highest BCUT2D eigenvalue weighted by molar-refractivity contribution is 7.89. The van der Waals surface area contributed by atoms with E-state index in [1.54, 1.807) is 6.92 Å². The Bertz CT molecular complexity index is 660. The summed E-state index contributed by atoms with van der Waals surface area (Å²) < 4.78 is 26.8. The fourth-order valence-corrected chi connectivity index (χ4v) is 3.01. The highest BCUT2D eigenvalue weighted by Crippen LogP contribution is 2.10. The van der Waals surface area contributed by atoms with Crippen molar-refractivity contribution in [3.8, 4) is 0 Å². The first-order valence-corrected chi connectivity index (χ1v) is 7.87. The number of hydrogen-bond donors (Lipinski definition) is 1. The number of aromatic nitrogens is 2. The standard InChI is InChI=1S/C13H14ClN3O2S/c1-10(7-11-5-3-2-4-6-11)17-20(18,19)12-8-15-13(14)16-9-12/h2-6,8-10,17H,7H2,1H3. The van der Waals surface area contributed by atoms with Crippen molar-refractivity contribution in [2.45, 2.75) is 24.3 Å². The molecule has 0 spiro atoms. The van der Waals surface area contributed by atoms with Crippen LogP contribution in [0.5, 0.6) is 0 Å². The van der Waals surface area contributed by atoms with E-state index in [1.807, 2.05) is 30.3 Å². The lowest BCUT2D eigenvalue weighted by molar-refractivity contribution is 0.559. The number of rotatable bonds is 5. The molecule has 0 bridgehead atoms. The van der Waals surface area contributed by atoms with E-state index < -0.39 is 10.0 Å². The Hall–Kier alpha value is -1.50. The van der Waals surface area contributed by atoms with E-state index in [4.69, 9.17) is 11.6 Å². The van der Waals surface area contributed by atoms with Gasteiger partial charge >= 0.3 is 0 Å². The van der Waals surface area contributed by atoms with Gasteiger partial charge in [-0.15, -0.1) is 0 Å². The maximum atomic E-state index is 12.1. The Morgan fingerprint density at radius 3 is 2.40 bits per heavy atom. The van der Waals surface area contributed by atoms with Gasteiger partial charge in [-0.25, -0.2) is 23.1 Å². The molecule has 0 saturated heterocycles. The zero-order valence-corrected chi connectivity index (χ0v) is 12.4. The van der Waals surface area contributed by atoms with Gasteiger partial charge in [0, 0.05) is 6.04 Å². The number of nitrogens with one attached hydrogen (secondary N) is 1. The van der Waals surface area contributed by atoms with Crippen molar-refractivity contribution in [3.63, 3.8) is 0 Å². The SMILES string of the molecule is CC(Cc1ccccc1)NS(=O)(=O)c1cnc(Cl)nc1. The van der Waals surface area contributed by atoms with Gasteiger partial charge in [0.05, 0.1) is 12.4 Å². The summed E-state index contributed by atoms with van der Waals surface area (Å²) in [5.74, 6) is 0.